The molecule has 0 aliphatic heterocycles. The Morgan fingerprint density at radius 1 is 1.06 bits per heavy atom. The number of hydrogen-bond acceptors (Lipinski definition) is 2. The van der Waals surface area contributed by atoms with E-state index in [1.54, 1.807) is 0 Å². The first-order valence-electron chi connectivity index (χ1n) is 5.76. The topological polar surface area (TPSA) is 18.5 Å². The van der Waals surface area contributed by atoms with Gasteiger partial charge in [0.1, 0.15) is 5.75 Å². The second-order valence-electron chi connectivity index (χ2n) is 4.01. The Morgan fingerprint density at radius 3 is 2.61 bits per heavy atom. The Kier molecular flexibility index (Phi) is 4.79. The van der Waals surface area contributed by atoms with Gasteiger partial charge in [-0.25, -0.2) is 0 Å². The summed E-state index contributed by atoms with van der Waals surface area (Å²) in [4.78, 5) is 0. The lowest BCUT2D eigenvalue weighted by molar-refractivity contribution is 0.00465. The second-order valence-corrected chi connectivity index (χ2v) is 4.92. The lowest BCUT2D eigenvalue weighted by atomic mass is 10.2. The molecule has 0 aromatic heterocycles. The molecule has 0 atom stereocenters. The third kappa shape index (κ3) is 3.86. The molecule has 0 bridgehead atoms. The minimum atomic E-state index is 0.256. The molecule has 0 saturated heterocycles. The van der Waals surface area contributed by atoms with Crippen LogP contribution in [0.4, 0.5) is 0 Å². The van der Waals surface area contributed by atoms with E-state index in [1.807, 2.05) is 55.5 Å². The SMILES string of the molecule is Cc1ccc(Br)cc1OCOCc1ccccc1. The second kappa shape index (κ2) is 6.57. The van der Waals surface area contributed by atoms with Gasteiger partial charge in [0.2, 0.25) is 0 Å². The van der Waals surface area contributed by atoms with Crippen LogP contribution in [-0.2, 0) is 11.3 Å². The highest BCUT2D eigenvalue weighted by molar-refractivity contribution is 9.10. The number of benzene rings is 2. The number of rotatable bonds is 5. The summed E-state index contributed by atoms with van der Waals surface area (Å²) in [5.41, 5.74) is 2.24. The van der Waals surface area contributed by atoms with Crippen LogP contribution in [0.5, 0.6) is 5.75 Å². The maximum absolute atomic E-state index is 5.59. The van der Waals surface area contributed by atoms with Gasteiger partial charge in [-0.2, -0.15) is 0 Å². The summed E-state index contributed by atoms with van der Waals surface area (Å²) >= 11 is 3.42. The van der Waals surface area contributed by atoms with E-state index < -0.39 is 0 Å². The molecule has 0 fully saturated rings. The van der Waals surface area contributed by atoms with E-state index in [0.717, 1.165) is 21.3 Å². The Bertz CT molecular complexity index is 497. The van der Waals surface area contributed by atoms with E-state index in [9.17, 15) is 0 Å². The van der Waals surface area contributed by atoms with Crippen LogP contribution in [0.1, 0.15) is 11.1 Å². The minimum absolute atomic E-state index is 0.256. The van der Waals surface area contributed by atoms with E-state index in [2.05, 4.69) is 15.9 Å². The summed E-state index contributed by atoms with van der Waals surface area (Å²) in [6.07, 6.45) is 0. The van der Waals surface area contributed by atoms with Gasteiger partial charge >= 0.3 is 0 Å². The summed E-state index contributed by atoms with van der Waals surface area (Å²) in [5.74, 6) is 0.845. The highest BCUT2D eigenvalue weighted by atomic mass is 79.9. The maximum atomic E-state index is 5.59. The highest BCUT2D eigenvalue weighted by Crippen LogP contribution is 2.22. The molecule has 0 amide bonds. The normalized spacial score (nSPS) is 10.3. The average molecular weight is 307 g/mol. The summed E-state index contributed by atoms with van der Waals surface area (Å²) in [6.45, 7) is 2.83. The summed E-state index contributed by atoms with van der Waals surface area (Å²) in [7, 11) is 0. The van der Waals surface area contributed by atoms with E-state index in [0.29, 0.717) is 6.61 Å². The van der Waals surface area contributed by atoms with E-state index in [-0.39, 0.29) is 6.79 Å². The molecule has 94 valence electrons. The zero-order valence-electron chi connectivity index (χ0n) is 10.2. The van der Waals surface area contributed by atoms with Crippen LogP contribution < -0.4 is 4.74 Å². The smallest absolute Gasteiger partial charge is 0.189 e. The van der Waals surface area contributed by atoms with Crippen molar-refractivity contribution in [1.29, 1.82) is 0 Å². The number of aryl methyl sites for hydroxylation is 1. The van der Waals surface area contributed by atoms with Gasteiger partial charge in [-0.1, -0.05) is 52.3 Å². The number of hydrogen-bond donors (Lipinski definition) is 0. The van der Waals surface area contributed by atoms with Gasteiger partial charge in [0, 0.05) is 4.47 Å². The standard InChI is InChI=1S/C15H15BrO2/c1-12-7-8-14(16)9-15(12)18-11-17-10-13-5-3-2-4-6-13/h2-9H,10-11H2,1H3. The van der Waals surface area contributed by atoms with Crippen LogP contribution in [0.2, 0.25) is 0 Å². The molecule has 2 nitrogen and oxygen atoms in total. The molecule has 2 rings (SSSR count). The minimum Gasteiger partial charge on any atom is -0.467 e. The summed E-state index contributed by atoms with van der Waals surface area (Å²) < 4.78 is 12.1. The van der Waals surface area contributed by atoms with Crippen molar-refractivity contribution in [3.8, 4) is 5.75 Å². The van der Waals surface area contributed by atoms with Crippen molar-refractivity contribution >= 4 is 15.9 Å². The van der Waals surface area contributed by atoms with Crippen molar-refractivity contribution in [3.63, 3.8) is 0 Å². The van der Waals surface area contributed by atoms with Crippen molar-refractivity contribution in [1.82, 2.24) is 0 Å². The van der Waals surface area contributed by atoms with Crippen LogP contribution in [-0.4, -0.2) is 6.79 Å². The molecule has 0 heterocycles. The van der Waals surface area contributed by atoms with Crippen LogP contribution in [0.25, 0.3) is 0 Å². The Balaban J connectivity index is 1.80. The first-order chi connectivity index (χ1) is 8.75. The van der Waals surface area contributed by atoms with Crippen molar-refractivity contribution in [2.45, 2.75) is 13.5 Å². The zero-order valence-corrected chi connectivity index (χ0v) is 11.8. The predicted octanol–water partition coefficient (Wildman–Crippen LogP) is 4.31. The molecule has 0 radical (unpaired) electrons. The Morgan fingerprint density at radius 2 is 1.83 bits per heavy atom. The fourth-order valence-electron chi connectivity index (χ4n) is 1.57. The van der Waals surface area contributed by atoms with E-state index in [1.165, 1.54) is 0 Å². The van der Waals surface area contributed by atoms with E-state index >= 15 is 0 Å². The Labute approximate surface area is 116 Å². The van der Waals surface area contributed by atoms with Gasteiger partial charge in [0.25, 0.3) is 0 Å². The molecule has 2 aromatic rings. The van der Waals surface area contributed by atoms with Crippen LogP contribution >= 0.6 is 15.9 Å². The highest BCUT2D eigenvalue weighted by Gasteiger charge is 2.00. The molecule has 0 saturated carbocycles. The molecule has 0 spiro atoms. The molecule has 3 heteroatoms. The first-order valence-corrected chi connectivity index (χ1v) is 6.55. The molecule has 0 aliphatic carbocycles. The van der Waals surface area contributed by atoms with Gasteiger partial charge in [-0.3, -0.25) is 0 Å². The Hall–Kier alpha value is -1.32. The molecular formula is C15H15BrO2. The van der Waals surface area contributed by atoms with E-state index in [4.69, 9.17) is 9.47 Å². The zero-order chi connectivity index (χ0) is 12.8. The third-order valence-electron chi connectivity index (χ3n) is 2.56. The summed E-state index contributed by atoms with van der Waals surface area (Å²) in [6, 6.07) is 16.0. The van der Waals surface area contributed by atoms with Crippen molar-refractivity contribution in [2.24, 2.45) is 0 Å². The number of ether oxygens (including phenoxy) is 2. The molecule has 0 aliphatic rings. The van der Waals surface area contributed by atoms with Crippen molar-refractivity contribution in [3.05, 3.63) is 64.1 Å². The van der Waals surface area contributed by atoms with Gasteiger partial charge in [0.05, 0.1) is 6.61 Å². The third-order valence-corrected chi connectivity index (χ3v) is 3.05. The fourth-order valence-corrected chi connectivity index (χ4v) is 1.91. The quantitative estimate of drug-likeness (QED) is 0.605. The lowest BCUT2D eigenvalue weighted by Crippen LogP contribution is -2.03. The fraction of sp³-hybridized carbons (Fsp3) is 0.200. The molecule has 0 unspecified atom stereocenters. The maximum Gasteiger partial charge on any atom is 0.189 e. The molecular weight excluding hydrogens is 292 g/mol. The van der Waals surface area contributed by atoms with Crippen LogP contribution in [0.3, 0.4) is 0 Å². The van der Waals surface area contributed by atoms with Gasteiger partial charge in [0.15, 0.2) is 6.79 Å². The van der Waals surface area contributed by atoms with Crippen LogP contribution in [0.15, 0.2) is 53.0 Å². The van der Waals surface area contributed by atoms with Gasteiger partial charge in [-0.15, -0.1) is 0 Å². The molecule has 0 N–H and O–H groups in total. The molecule has 2 aromatic carbocycles. The summed E-state index contributed by atoms with van der Waals surface area (Å²) in [5, 5.41) is 0. The van der Waals surface area contributed by atoms with Gasteiger partial charge < -0.3 is 9.47 Å². The number of halogens is 1. The van der Waals surface area contributed by atoms with Crippen molar-refractivity contribution < 1.29 is 9.47 Å². The first kappa shape index (κ1) is 13.1. The average Bonchev–Trinajstić information content (AvgIpc) is 2.40. The molecule has 18 heavy (non-hydrogen) atoms. The van der Waals surface area contributed by atoms with Crippen LogP contribution in [0, 0.1) is 6.92 Å². The monoisotopic (exact) mass is 306 g/mol. The lowest BCUT2D eigenvalue weighted by Gasteiger charge is -2.10. The van der Waals surface area contributed by atoms with Crippen molar-refractivity contribution in [2.75, 3.05) is 6.79 Å². The largest absolute Gasteiger partial charge is 0.467 e. The van der Waals surface area contributed by atoms with Gasteiger partial charge in [-0.05, 0) is 30.2 Å². The predicted molar refractivity (Wildman–Crippen MR) is 75.6 cm³/mol.